The minimum Gasteiger partial charge on any atom is -0.618 e. The summed E-state index contributed by atoms with van der Waals surface area (Å²) >= 11 is 0. The second kappa shape index (κ2) is 10.0. The average molecular weight is 455 g/mol. The SMILES string of the molecule is [O-][n+]1ccc(OC[C@H](O)CN2CCOCC2)c2ccc(-c3ccnn3C3CCCCO3)cc21. The number of pyridine rings is 1. The number of ether oxygens (including phenoxy) is 3. The Kier molecular flexibility index (Phi) is 6.73. The fourth-order valence-electron chi connectivity index (χ4n) is 4.52. The Morgan fingerprint density at radius 1 is 1.18 bits per heavy atom. The zero-order chi connectivity index (χ0) is 22.6. The van der Waals surface area contributed by atoms with Gasteiger partial charge in [0.25, 0.3) is 0 Å². The van der Waals surface area contributed by atoms with Crippen molar-refractivity contribution in [3.63, 3.8) is 0 Å². The lowest BCUT2D eigenvalue weighted by molar-refractivity contribution is -0.577. The van der Waals surface area contributed by atoms with Gasteiger partial charge in [-0.2, -0.15) is 9.83 Å². The van der Waals surface area contributed by atoms with Crippen molar-refractivity contribution in [2.24, 2.45) is 0 Å². The summed E-state index contributed by atoms with van der Waals surface area (Å²) in [5, 5.41) is 28.2. The number of hydrogen-bond donors (Lipinski definition) is 1. The molecule has 2 aliphatic heterocycles. The number of fused-ring (bicyclic) bond motifs is 1. The highest BCUT2D eigenvalue weighted by Crippen LogP contribution is 2.31. The number of aliphatic hydroxyl groups excluding tert-OH is 1. The Morgan fingerprint density at radius 2 is 2.06 bits per heavy atom. The molecule has 2 atom stereocenters. The molecule has 0 aliphatic carbocycles. The van der Waals surface area contributed by atoms with Crippen LogP contribution in [-0.2, 0) is 9.47 Å². The van der Waals surface area contributed by atoms with Crippen LogP contribution in [0.2, 0.25) is 0 Å². The van der Waals surface area contributed by atoms with Crippen molar-refractivity contribution < 1.29 is 24.0 Å². The van der Waals surface area contributed by atoms with Crippen LogP contribution in [0.5, 0.6) is 5.75 Å². The molecule has 2 fully saturated rings. The highest BCUT2D eigenvalue weighted by molar-refractivity contribution is 5.86. The van der Waals surface area contributed by atoms with Crippen LogP contribution in [0, 0.1) is 5.21 Å². The van der Waals surface area contributed by atoms with Crippen LogP contribution in [0.3, 0.4) is 0 Å². The van der Waals surface area contributed by atoms with Crippen LogP contribution in [0.1, 0.15) is 25.5 Å². The molecule has 4 heterocycles. The first kappa shape index (κ1) is 22.1. The van der Waals surface area contributed by atoms with Gasteiger partial charge in [0.2, 0.25) is 5.52 Å². The van der Waals surface area contributed by atoms with Crippen molar-refractivity contribution in [1.29, 1.82) is 0 Å². The van der Waals surface area contributed by atoms with Crippen molar-refractivity contribution in [1.82, 2.24) is 14.7 Å². The number of hydrogen-bond acceptors (Lipinski definition) is 7. The summed E-state index contributed by atoms with van der Waals surface area (Å²) in [5.74, 6) is 0.578. The number of rotatable bonds is 7. The molecule has 9 nitrogen and oxygen atoms in total. The van der Waals surface area contributed by atoms with Gasteiger partial charge in [-0.15, -0.1) is 0 Å². The number of nitrogens with zero attached hydrogens (tertiary/aromatic N) is 4. The maximum absolute atomic E-state index is 12.6. The van der Waals surface area contributed by atoms with E-state index in [4.69, 9.17) is 14.2 Å². The molecule has 0 spiro atoms. The zero-order valence-electron chi connectivity index (χ0n) is 18.6. The predicted molar refractivity (Wildman–Crippen MR) is 122 cm³/mol. The van der Waals surface area contributed by atoms with E-state index in [0.29, 0.717) is 36.4 Å². The van der Waals surface area contributed by atoms with Gasteiger partial charge in [0.15, 0.2) is 12.4 Å². The summed E-state index contributed by atoms with van der Waals surface area (Å²) in [6.45, 7) is 4.43. The first-order valence-corrected chi connectivity index (χ1v) is 11.6. The van der Waals surface area contributed by atoms with E-state index in [0.717, 1.165) is 54.9 Å². The lowest BCUT2D eigenvalue weighted by Gasteiger charge is -2.28. The molecule has 5 rings (SSSR count). The van der Waals surface area contributed by atoms with E-state index in [1.807, 2.05) is 28.9 Å². The molecule has 2 saturated heterocycles. The Bertz CT molecular complexity index is 1080. The van der Waals surface area contributed by atoms with E-state index in [-0.39, 0.29) is 12.8 Å². The third-order valence-electron chi connectivity index (χ3n) is 6.26. The van der Waals surface area contributed by atoms with Gasteiger partial charge in [-0.05, 0) is 31.4 Å². The largest absolute Gasteiger partial charge is 0.618 e. The quantitative estimate of drug-likeness (QED) is 0.431. The van der Waals surface area contributed by atoms with E-state index in [2.05, 4.69) is 10.00 Å². The fourth-order valence-corrected chi connectivity index (χ4v) is 4.52. The molecule has 1 unspecified atom stereocenters. The topological polar surface area (TPSA) is 95.9 Å². The van der Waals surface area contributed by atoms with Crippen LogP contribution in [-0.4, -0.2) is 72.0 Å². The van der Waals surface area contributed by atoms with Gasteiger partial charge in [-0.25, -0.2) is 4.68 Å². The normalized spacial score (nSPS) is 20.7. The van der Waals surface area contributed by atoms with Gasteiger partial charge in [0.05, 0.1) is 24.3 Å². The van der Waals surface area contributed by atoms with Gasteiger partial charge < -0.3 is 24.5 Å². The molecule has 176 valence electrons. The Balaban J connectivity index is 1.34. The number of aliphatic hydroxyl groups is 1. The number of morpholine rings is 1. The monoisotopic (exact) mass is 454 g/mol. The molecule has 0 bridgehead atoms. The third-order valence-corrected chi connectivity index (χ3v) is 6.26. The molecule has 0 saturated carbocycles. The number of aromatic nitrogens is 3. The highest BCUT2D eigenvalue weighted by Gasteiger charge is 2.21. The minimum absolute atomic E-state index is 0.0820. The van der Waals surface area contributed by atoms with Crippen LogP contribution >= 0.6 is 0 Å². The Hall–Kier alpha value is -2.72. The lowest BCUT2D eigenvalue weighted by atomic mass is 10.1. The van der Waals surface area contributed by atoms with Gasteiger partial charge in [0, 0.05) is 50.1 Å². The van der Waals surface area contributed by atoms with Crippen molar-refractivity contribution in [2.45, 2.75) is 31.6 Å². The molecular weight excluding hydrogens is 424 g/mol. The first-order chi connectivity index (χ1) is 16.2. The summed E-state index contributed by atoms with van der Waals surface area (Å²) in [6.07, 6.45) is 5.61. The lowest BCUT2D eigenvalue weighted by Crippen LogP contribution is -2.42. The Morgan fingerprint density at radius 3 is 2.88 bits per heavy atom. The second-order valence-corrected chi connectivity index (χ2v) is 8.60. The third kappa shape index (κ3) is 4.96. The molecule has 0 amide bonds. The molecule has 33 heavy (non-hydrogen) atoms. The minimum atomic E-state index is -0.623. The number of β-amino-alcohol motifs (C(OH)–C–C–N with tert-alkyl or cyclic N) is 1. The first-order valence-electron chi connectivity index (χ1n) is 11.6. The summed E-state index contributed by atoms with van der Waals surface area (Å²) in [7, 11) is 0. The smallest absolute Gasteiger partial charge is 0.228 e. The van der Waals surface area contributed by atoms with Crippen LogP contribution in [0.25, 0.3) is 22.2 Å². The second-order valence-electron chi connectivity index (χ2n) is 8.60. The van der Waals surface area contributed by atoms with Gasteiger partial charge in [-0.1, -0.05) is 6.07 Å². The van der Waals surface area contributed by atoms with E-state index in [1.54, 1.807) is 12.3 Å². The summed E-state index contributed by atoms with van der Waals surface area (Å²) < 4.78 is 19.9. The summed E-state index contributed by atoms with van der Waals surface area (Å²) in [5.41, 5.74) is 2.31. The Labute approximate surface area is 192 Å². The molecule has 3 aromatic rings. The van der Waals surface area contributed by atoms with Crippen molar-refractivity contribution in [2.75, 3.05) is 46.1 Å². The molecular formula is C24H30N4O5. The van der Waals surface area contributed by atoms with Crippen molar-refractivity contribution in [3.05, 3.63) is 47.9 Å². The summed E-state index contributed by atoms with van der Waals surface area (Å²) in [4.78, 5) is 2.16. The van der Waals surface area contributed by atoms with Crippen LogP contribution in [0.4, 0.5) is 0 Å². The van der Waals surface area contributed by atoms with E-state index in [1.165, 1.54) is 6.20 Å². The standard InChI is InChI=1S/C24H30N4O5/c29-19(16-26-10-13-31-14-11-26)17-33-23-7-9-27(30)22-15-18(4-5-20(22)23)21-6-8-25-28(21)24-3-1-2-12-32-24/h4-9,15,19,24,29H,1-3,10-14,16-17H2/t19-,24?/m1/s1. The highest BCUT2D eigenvalue weighted by atomic mass is 16.5. The maximum atomic E-state index is 12.6. The predicted octanol–water partition coefficient (Wildman–Crippen LogP) is 2.11. The van der Waals surface area contributed by atoms with E-state index >= 15 is 0 Å². The molecule has 0 radical (unpaired) electrons. The molecule has 9 heteroatoms. The number of benzene rings is 1. The molecule has 1 aromatic carbocycles. The van der Waals surface area contributed by atoms with E-state index < -0.39 is 6.10 Å². The van der Waals surface area contributed by atoms with Gasteiger partial charge in [0.1, 0.15) is 18.5 Å². The molecule has 1 N–H and O–H groups in total. The average Bonchev–Trinajstić information content (AvgIpc) is 3.35. The zero-order valence-corrected chi connectivity index (χ0v) is 18.6. The summed E-state index contributed by atoms with van der Waals surface area (Å²) in [6, 6.07) is 9.31. The molecule has 2 aromatic heterocycles. The van der Waals surface area contributed by atoms with Gasteiger partial charge >= 0.3 is 0 Å². The van der Waals surface area contributed by atoms with Crippen molar-refractivity contribution >= 4 is 10.9 Å². The van der Waals surface area contributed by atoms with Crippen LogP contribution < -0.4 is 9.47 Å². The van der Waals surface area contributed by atoms with Crippen LogP contribution in [0.15, 0.2) is 42.7 Å². The van der Waals surface area contributed by atoms with E-state index in [9.17, 15) is 10.3 Å². The fraction of sp³-hybridized carbons (Fsp3) is 0.500. The maximum Gasteiger partial charge on any atom is 0.228 e. The van der Waals surface area contributed by atoms with Crippen molar-refractivity contribution in [3.8, 4) is 17.0 Å². The van der Waals surface area contributed by atoms with Gasteiger partial charge in [-0.3, -0.25) is 4.90 Å². The molecule has 2 aliphatic rings.